The van der Waals surface area contributed by atoms with Crippen molar-refractivity contribution in [1.82, 2.24) is 15.1 Å². The first-order chi connectivity index (χ1) is 14.5. The number of aliphatic hydroxyl groups excluding tert-OH is 1. The lowest BCUT2D eigenvalue weighted by Crippen LogP contribution is -2.54. The van der Waals surface area contributed by atoms with E-state index in [2.05, 4.69) is 41.1 Å². The molecule has 170 valence electrons. The molecule has 0 amide bonds. The minimum absolute atomic E-state index is 0.106. The van der Waals surface area contributed by atoms with E-state index >= 15 is 0 Å². The number of nitrogens with zero attached hydrogens (tertiary/aromatic N) is 2. The SMILES string of the molecule is CC(C)(CNCc1cccc(OCC(O)CN2CCCCCC2)c1)N1CCOCC1. The predicted octanol–water partition coefficient (Wildman–Crippen LogP) is 2.50. The Hall–Kier alpha value is -1.18. The van der Waals surface area contributed by atoms with E-state index in [4.69, 9.17) is 9.47 Å². The van der Waals surface area contributed by atoms with Gasteiger partial charge in [-0.05, 0) is 57.5 Å². The summed E-state index contributed by atoms with van der Waals surface area (Å²) in [7, 11) is 0. The molecule has 0 aromatic heterocycles. The van der Waals surface area contributed by atoms with Gasteiger partial charge in [0.1, 0.15) is 18.5 Å². The van der Waals surface area contributed by atoms with Gasteiger partial charge in [0, 0.05) is 38.3 Å². The number of aliphatic hydroxyl groups is 1. The van der Waals surface area contributed by atoms with Crippen LogP contribution >= 0.6 is 0 Å². The van der Waals surface area contributed by atoms with Crippen molar-refractivity contribution in [1.29, 1.82) is 0 Å². The monoisotopic (exact) mass is 419 g/mol. The van der Waals surface area contributed by atoms with Crippen LogP contribution in [0.5, 0.6) is 5.75 Å². The van der Waals surface area contributed by atoms with E-state index in [0.29, 0.717) is 13.2 Å². The zero-order valence-electron chi connectivity index (χ0n) is 18.9. The second-order valence-corrected chi connectivity index (χ2v) is 9.34. The summed E-state index contributed by atoms with van der Waals surface area (Å²) in [5.41, 5.74) is 1.31. The van der Waals surface area contributed by atoms with E-state index in [9.17, 15) is 5.11 Å². The highest BCUT2D eigenvalue weighted by Crippen LogP contribution is 2.17. The highest BCUT2D eigenvalue weighted by Gasteiger charge is 2.27. The molecule has 2 aliphatic heterocycles. The Labute approximate surface area is 182 Å². The molecule has 0 saturated carbocycles. The van der Waals surface area contributed by atoms with Crippen LogP contribution in [0.3, 0.4) is 0 Å². The lowest BCUT2D eigenvalue weighted by Gasteiger charge is -2.41. The Kier molecular flexibility index (Phi) is 9.40. The van der Waals surface area contributed by atoms with Crippen molar-refractivity contribution < 1.29 is 14.6 Å². The number of morpholine rings is 1. The molecule has 2 N–H and O–H groups in total. The minimum atomic E-state index is -0.445. The second kappa shape index (κ2) is 12.0. The molecule has 30 heavy (non-hydrogen) atoms. The molecule has 2 saturated heterocycles. The van der Waals surface area contributed by atoms with Crippen molar-refractivity contribution in [3.8, 4) is 5.75 Å². The van der Waals surface area contributed by atoms with Crippen LogP contribution in [0, 0.1) is 0 Å². The zero-order chi connectivity index (χ0) is 21.2. The third-order valence-electron chi connectivity index (χ3n) is 6.26. The predicted molar refractivity (Wildman–Crippen MR) is 121 cm³/mol. The standard InChI is InChI=1S/C24H41N3O3/c1-24(2,27-12-14-29-15-13-27)20-25-17-21-8-7-9-23(16-21)30-19-22(28)18-26-10-5-3-4-6-11-26/h7-9,16,22,25,28H,3-6,10-15,17-20H2,1-2H3. The Balaban J connectivity index is 1.39. The third-order valence-corrected chi connectivity index (χ3v) is 6.26. The van der Waals surface area contributed by atoms with Gasteiger partial charge < -0.3 is 24.8 Å². The van der Waals surface area contributed by atoms with Crippen LogP contribution in [-0.4, -0.2) is 85.6 Å². The third kappa shape index (κ3) is 7.82. The summed E-state index contributed by atoms with van der Waals surface area (Å²) in [6, 6.07) is 8.20. The molecule has 0 aliphatic carbocycles. The largest absolute Gasteiger partial charge is 0.491 e. The Bertz CT molecular complexity index is 611. The average molecular weight is 420 g/mol. The number of nitrogens with one attached hydrogen (secondary N) is 1. The number of ether oxygens (including phenoxy) is 2. The van der Waals surface area contributed by atoms with Crippen molar-refractivity contribution in [2.45, 2.75) is 57.7 Å². The van der Waals surface area contributed by atoms with Crippen LogP contribution < -0.4 is 10.1 Å². The first-order valence-corrected chi connectivity index (χ1v) is 11.7. The molecule has 1 aromatic rings. The van der Waals surface area contributed by atoms with Crippen LogP contribution in [0.1, 0.15) is 45.1 Å². The van der Waals surface area contributed by atoms with Crippen molar-refractivity contribution in [2.75, 3.05) is 59.1 Å². The fourth-order valence-corrected chi connectivity index (χ4v) is 4.40. The summed E-state index contributed by atoms with van der Waals surface area (Å²) >= 11 is 0. The molecule has 1 aromatic carbocycles. The molecule has 1 atom stereocenters. The van der Waals surface area contributed by atoms with Crippen LogP contribution in [0.4, 0.5) is 0 Å². The Morgan fingerprint density at radius 1 is 1.10 bits per heavy atom. The van der Waals surface area contributed by atoms with E-state index in [-0.39, 0.29) is 5.54 Å². The molecule has 0 bridgehead atoms. The maximum absolute atomic E-state index is 10.4. The number of rotatable bonds is 10. The number of β-amino-alcohol motifs (C(OH)–C–C–N with tert-alkyl or cyclic N) is 1. The van der Waals surface area contributed by atoms with Gasteiger partial charge in [0.25, 0.3) is 0 Å². The Morgan fingerprint density at radius 2 is 1.83 bits per heavy atom. The molecular weight excluding hydrogens is 378 g/mol. The normalized spacial score (nSPS) is 20.6. The molecule has 0 spiro atoms. The summed E-state index contributed by atoms with van der Waals surface area (Å²) < 4.78 is 11.4. The maximum atomic E-state index is 10.4. The second-order valence-electron chi connectivity index (χ2n) is 9.34. The van der Waals surface area contributed by atoms with Crippen molar-refractivity contribution in [3.63, 3.8) is 0 Å². The molecule has 0 radical (unpaired) electrons. The molecule has 1 unspecified atom stereocenters. The zero-order valence-corrected chi connectivity index (χ0v) is 18.9. The van der Waals surface area contributed by atoms with E-state index in [1.807, 2.05) is 12.1 Å². The van der Waals surface area contributed by atoms with Crippen molar-refractivity contribution in [2.24, 2.45) is 0 Å². The van der Waals surface area contributed by atoms with E-state index < -0.39 is 6.10 Å². The van der Waals surface area contributed by atoms with Gasteiger partial charge in [-0.1, -0.05) is 25.0 Å². The molecular formula is C24H41N3O3. The van der Waals surface area contributed by atoms with Crippen LogP contribution in [0.25, 0.3) is 0 Å². The van der Waals surface area contributed by atoms with Crippen molar-refractivity contribution >= 4 is 0 Å². The summed E-state index contributed by atoms with van der Waals surface area (Å²) in [5.74, 6) is 0.830. The topological polar surface area (TPSA) is 57.2 Å². The molecule has 2 fully saturated rings. The fourth-order valence-electron chi connectivity index (χ4n) is 4.40. The van der Waals surface area contributed by atoms with Crippen LogP contribution in [0.2, 0.25) is 0 Å². The van der Waals surface area contributed by atoms with Gasteiger partial charge >= 0.3 is 0 Å². The number of benzene rings is 1. The lowest BCUT2D eigenvalue weighted by molar-refractivity contribution is -0.00967. The van der Waals surface area contributed by atoms with Gasteiger partial charge in [-0.15, -0.1) is 0 Å². The average Bonchev–Trinajstić information content (AvgIpc) is 3.02. The van der Waals surface area contributed by atoms with Gasteiger partial charge in [-0.25, -0.2) is 0 Å². The van der Waals surface area contributed by atoms with E-state index in [0.717, 1.165) is 58.2 Å². The molecule has 2 aliphatic rings. The lowest BCUT2D eigenvalue weighted by atomic mass is 10.0. The highest BCUT2D eigenvalue weighted by molar-refractivity contribution is 5.28. The fraction of sp³-hybridized carbons (Fsp3) is 0.750. The molecule has 6 nitrogen and oxygen atoms in total. The molecule has 6 heteroatoms. The van der Waals surface area contributed by atoms with Crippen LogP contribution in [0.15, 0.2) is 24.3 Å². The van der Waals surface area contributed by atoms with E-state index in [1.54, 1.807) is 0 Å². The summed E-state index contributed by atoms with van der Waals surface area (Å²) in [4.78, 5) is 4.87. The highest BCUT2D eigenvalue weighted by atomic mass is 16.5. The smallest absolute Gasteiger partial charge is 0.119 e. The summed E-state index contributed by atoms with van der Waals surface area (Å²) in [6.45, 7) is 13.2. The van der Waals surface area contributed by atoms with Gasteiger partial charge in [-0.3, -0.25) is 4.90 Å². The summed E-state index contributed by atoms with van der Waals surface area (Å²) in [5, 5.41) is 14.0. The molecule has 3 rings (SSSR count). The minimum Gasteiger partial charge on any atom is -0.491 e. The van der Waals surface area contributed by atoms with Gasteiger partial charge in [0.05, 0.1) is 13.2 Å². The first-order valence-electron chi connectivity index (χ1n) is 11.7. The van der Waals surface area contributed by atoms with E-state index in [1.165, 1.54) is 31.2 Å². The maximum Gasteiger partial charge on any atom is 0.119 e. The number of likely N-dealkylation sites (tertiary alicyclic amines) is 1. The summed E-state index contributed by atoms with van der Waals surface area (Å²) in [6.07, 6.45) is 4.66. The van der Waals surface area contributed by atoms with Gasteiger partial charge in [0.2, 0.25) is 0 Å². The number of hydrogen-bond donors (Lipinski definition) is 2. The quantitative estimate of drug-likeness (QED) is 0.608. The van der Waals surface area contributed by atoms with Crippen molar-refractivity contribution in [3.05, 3.63) is 29.8 Å². The van der Waals surface area contributed by atoms with Gasteiger partial charge in [-0.2, -0.15) is 0 Å². The van der Waals surface area contributed by atoms with Gasteiger partial charge in [0.15, 0.2) is 0 Å². The molecule has 2 heterocycles. The first kappa shape index (κ1) is 23.5. The van der Waals surface area contributed by atoms with Crippen LogP contribution in [-0.2, 0) is 11.3 Å². The number of hydrogen-bond acceptors (Lipinski definition) is 6. The Morgan fingerprint density at radius 3 is 2.57 bits per heavy atom.